The number of nitrogens with one attached hydrogen (secondary N) is 1. The normalized spacial score (nSPS) is 15.7. The van der Waals surface area contributed by atoms with Crippen LogP contribution < -0.4 is 5.32 Å². The van der Waals surface area contributed by atoms with E-state index in [0.717, 1.165) is 0 Å². The van der Waals surface area contributed by atoms with Crippen LogP contribution in [0.5, 0.6) is 0 Å². The van der Waals surface area contributed by atoms with Crippen molar-refractivity contribution in [3.05, 3.63) is 29.1 Å². The van der Waals surface area contributed by atoms with Crippen LogP contribution in [0.15, 0.2) is 6.07 Å². The molecule has 1 aliphatic rings. The minimum atomic E-state index is -1.15. The van der Waals surface area contributed by atoms with Crippen LogP contribution in [0.2, 0.25) is 0 Å². The second-order valence-corrected chi connectivity index (χ2v) is 8.33. The van der Waals surface area contributed by atoms with Crippen LogP contribution in [0, 0.1) is 23.4 Å². The van der Waals surface area contributed by atoms with E-state index in [1.807, 2.05) is 0 Å². The highest BCUT2D eigenvalue weighted by Crippen LogP contribution is 2.36. The van der Waals surface area contributed by atoms with Crippen molar-refractivity contribution in [3.63, 3.8) is 0 Å². The molecule has 0 radical (unpaired) electrons. The van der Waals surface area contributed by atoms with E-state index < -0.39 is 52.6 Å². The SMILES string of the molecule is CC(C)C(=O)Nc1c(F)cc(F)c(C2CCN(C(=O)OC(C)(C)C)CC2)c1F. The number of rotatable bonds is 3. The number of piperidine rings is 1. The Morgan fingerprint density at radius 1 is 1.14 bits per heavy atom. The summed E-state index contributed by atoms with van der Waals surface area (Å²) in [6, 6.07) is 0.592. The number of ether oxygens (including phenoxy) is 1. The lowest BCUT2D eigenvalue weighted by molar-refractivity contribution is -0.118. The Labute approximate surface area is 163 Å². The predicted octanol–water partition coefficient (Wildman–Crippen LogP) is 4.81. The van der Waals surface area contributed by atoms with Crippen molar-refractivity contribution in [2.45, 2.75) is 59.0 Å². The topological polar surface area (TPSA) is 58.6 Å². The molecular weight excluding hydrogens is 373 g/mol. The van der Waals surface area contributed by atoms with Crippen LogP contribution in [0.1, 0.15) is 58.9 Å². The van der Waals surface area contributed by atoms with E-state index in [2.05, 4.69) is 5.32 Å². The van der Waals surface area contributed by atoms with E-state index in [4.69, 9.17) is 4.74 Å². The first-order chi connectivity index (χ1) is 12.9. The molecule has 0 atom stereocenters. The average Bonchev–Trinajstić information content (AvgIpc) is 2.57. The lowest BCUT2D eigenvalue weighted by Crippen LogP contribution is -2.41. The van der Waals surface area contributed by atoms with Gasteiger partial charge in [-0.25, -0.2) is 18.0 Å². The van der Waals surface area contributed by atoms with E-state index in [1.54, 1.807) is 34.6 Å². The molecule has 1 N–H and O–H groups in total. The van der Waals surface area contributed by atoms with Gasteiger partial charge in [0.15, 0.2) is 11.6 Å². The van der Waals surface area contributed by atoms with Gasteiger partial charge in [0.25, 0.3) is 0 Å². The van der Waals surface area contributed by atoms with Gasteiger partial charge in [-0.1, -0.05) is 13.8 Å². The van der Waals surface area contributed by atoms with Gasteiger partial charge in [0, 0.05) is 30.6 Å². The van der Waals surface area contributed by atoms with Gasteiger partial charge < -0.3 is 15.0 Å². The molecule has 0 aromatic heterocycles. The average molecular weight is 400 g/mol. The molecule has 0 saturated carbocycles. The number of amides is 2. The number of hydrogen-bond donors (Lipinski definition) is 1. The van der Waals surface area contributed by atoms with Gasteiger partial charge in [-0.3, -0.25) is 4.79 Å². The Balaban J connectivity index is 2.18. The Kier molecular flexibility index (Phi) is 6.62. The zero-order chi connectivity index (χ0) is 21.2. The molecule has 0 unspecified atom stereocenters. The maximum atomic E-state index is 14.9. The third kappa shape index (κ3) is 5.17. The first-order valence-electron chi connectivity index (χ1n) is 9.37. The first-order valence-corrected chi connectivity index (χ1v) is 9.37. The van der Waals surface area contributed by atoms with E-state index in [9.17, 15) is 22.8 Å². The minimum Gasteiger partial charge on any atom is -0.444 e. The molecule has 1 aliphatic heterocycles. The van der Waals surface area contributed by atoms with Crippen LogP contribution in [0.3, 0.4) is 0 Å². The van der Waals surface area contributed by atoms with Crippen LogP contribution >= 0.6 is 0 Å². The van der Waals surface area contributed by atoms with Gasteiger partial charge in [-0.15, -0.1) is 0 Å². The molecule has 0 spiro atoms. The third-order valence-electron chi connectivity index (χ3n) is 4.53. The maximum absolute atomic E-state index is 14.9. The summed E-state index contributed by atoms with van der Waals surface area (Å²) in [7, 11) is 0. The van der Waals surface area contributed by atoms with Crippen molar-refractivity contribution in [1.82, 2.24) is 4.90 Å². The highest BCUT2D eigenvalue weighted by Gasteiger charge is 2.32. The summed E-state index contributed by atoms with van der Waals surface area (Å²) < 4.78 is 48.6. The number of benzene rings is 1. The highest BCUT2D eigenvalue weighted by molar-refractivity contribution is 5.92. The summed E-state index contributed by atoms with van der Waals surface area (Å²) >= 11 is 0. The van der Waals surface area contributed by atoms with Crippen molar-refractivity contribution < 1.29 is 27.5 Å². The third-order valence-corrected chi connectivity index (χ3v) is 4.53. The largest absolute Gasteiger partial charge is 0.444 e. The second kappa shape index (κ2) is 8.41. The second-order valence-electron chi connectivity index (χ2n) is 8.33. The monoisotopic (exact) mass is 400 g/mol. The number of carbonyl (C=O) groups excluding carboxylic acids is 2. The molecule has 156 valence electrons. The fourth-order valence-electron chi connectivity index (χ4n) is 3.04. The molecule has 1 saturated heterocycles. The first kappa shape index (κ1) is 22.0. The Bertz CT molecular complexity index is 752. The van der Waals surface area contributed by atoms with Crippen LogP contribution in [0.25, 0.3) is 0 Å². The quantitative estimate of drug-likeness (QED) is 0.792. The van der Waals surface area contributed by atoms with Gasteiger partial charge >= 0.3 is 6.09 Å². The van der Waals surface area contributed by atoms with Crippen molar-refractivity contribution in [3.8, 4) is 0 Å². The summed E-state index contributed by atoms with van der Waals surface area (Å²) in [4.78, 5) is 25.4. The lowest BCUT2D eigenvalue weighted by atomic mass is 9.88. The van der Waals surface area contributed by atoms with Gasteiger partial charge in [0.1, 0.15) is 17.1 Å². The standard InChI is InChI=1S/C20H27F3N2O3/c1-11(2)18(26)24-17-14(22)10-13(21)15(16(17)23)12-6-8-25(9-7-12)19(27)28-20(3,4)5/h10-12H,6-9H2,1-5H3,(H,24,26). The molecule has 5 nitrogen and oxygen atoms in total. The lowest BCUT2D eigenvalue weighted by Gasteiger charge is -2.34. The predicted molar refractivity (Wildman–Crippen MR) is 99.6 cm³/mol. The van der Waals surface area contributed by atoms with Crippen molar-refractivity contribution in [2.24, 2.45) is 5.92 Å². The number of halogens is 3. The fraction of sp³-hybridized carbons (Fsp3) is 0.600. The molecule has 0 aliphatic carbocycles. The molecular formula is C20H27F3N2O3. The molecule has 1 aromatic carbocycles. The highest BCUT2D eigenvalue weighted by atomic mass is 19.1. The summed E-state index contributed by atoms with van der Waals surface area (Å²) in [6.07, 6.45) is 0.128. The Morgan fingerprint density at radius 3 is 2.21 bits per heavy atom. The van der Waals surface area contributed by atoms with Crippen molar-refractivity contribution >= 4 is 17.7 Å². The van der Waals surface area contributed by atoms with E-state index in [0.29, 0.717) is 18.9 Å². The van der Waals surface area contributed by atoms with Crippen LogP contribution in [-0.4, -0.2) is 35.6 Å². The summed E-state index contributed by atoms with van der Waals surface area (Å²) in [5, 5.41) is 2.20. The zero-order valence-corrected chi connectivity index (χ0v) is 16.9. The number of carbonyl (C=O) groups is 2. The summed E-state index contributed by atoms with van der Waals surface area (Å²) in [5.74, 6) is -4.82. The maximum Gasteiger partial charge on any atom is 0.410 e. The van der Waals surface area contributed by atoms with Crippen LogP contribution in [-0.2, 0) is 9.53 Å². The molecule has 2 rings (SSSR count). The number of hydrogen-bond acceptors (Lipinski definition) is 3. The minimum absolute atomic E-state index is 0.260. The van der Waals surface area contributed by atoms with E-state index in [-0.39, 0.29) is 18.7 Å². The van der Waals surface area contributed by atoms with Crippen molar-refractivity contribution in [2.75, 3.05) is 18.4 Å². The molecule has 8 heteroatoms. The fourth-order valence-corrected chi connectivity index (χ4v) is 3.04. The molecule has 2 amide bonds. The molecule has 1 aromatic rings. The van der Waals surface area contributed by atoms with Crippen molar-refractivity contribution in [1.29, 1.82) is 0 Å². The van der Waals surface area contributed by atoms with Gasteiger partial charge in [0.2, 0.25) is 5.91 Å². The number of likely N-dealkylation sites (tertiary alicyclic amines) is 1. The zero-order valence-electron chi connectivity index (χ0n) is 16.9. The Morgan fingerprint density at radius 2 is 1.71 bits per heavy atom. The smallest absolute Gasteiger partial charge is 0.410 e. The number of nitrogens with zero attached hydrogens (tertiary/aromatic N) is 1. The van der Waals surface area contributed by atoms with Gasteiger partial charge in [-0.2, -0.15) is 0 Å². The number of anilines is 1. The van der Waals surface area contributed by atoms with E-state index >= 15 is 0 Å². The molecule has 1 heterocycles. The summed E-state index contributed by atoms with van der Waals surface area (Å²) in [6.45, 7) is 8.98. The molecule has 28 heavy (non-hydrogen) atoms. The molecule has 0 bridgehead atoms. The van der Waals surface area contributed by atoms with E-state index in [1.165, 1.54) is 4.90 Å². The molecule has 1 fully saturated rings. The van der Waals surface area contributed by atoms with Gasteiger partial charge in [-0.05, 0) is 39.5 Å². The van der Waals surface area contributed by atoms with Gasteiger partial charge in [0.05, 0.1) is 0 Å². The van der Waals surface area contributed by atoms with Crippen LogP contribution in [0.4, 0.5) is 23.7 Å². The Hall–Kier alpha value is -2.25. The summed E-state index contributed by atoms with van der Waals surface area (Å²) in [5.41, 5.74) is -1.53.